The van der Waals surface area contributed by atoms with Gasteiger partial charge in [-0.1, -0.05) is 98.8 Å². The topological polar surface area (TPSA) is 81.0 Å². The van der Waals surface area contributed by atoms with Crippen molar-refractivity contribution in [3.63, 3.8) is 0 Å². The van der Waals surface area contributed by atoms with Crippen LogP contribution in [-0.2, 0) is 17.6 Å². The van der Waals surface area contributed by atoms with Crippen LogP contribution >= 0.6 is 0 Å². The number of fused-ring (bicyclic) bond motifs is 1. The standard InChI is InChI=1S/C41H53NO4/c1-28(36-18-19-37-32(15-10-21-40(36,37)3)16-17-33-24-35(43)25-38(44)29(33)2)23-34-27-41(46,26-31-13-8-5-9-14-31)39(45)42(34)22-20-30-11-6-4-7-12-30/h4-9,11-14,16-17,28,34-38,43-44,46H,2,10,15,18-27H2,1,3H3/t28-,34?,35-,36-,37+,38+,40-,41?/m1/s1. The van der Waals surface area contributed by atoms with Crippen molar-refractivity contribution in [1.29, 1.82) is 0 Å². The number of hydrogen-bond donors (Lipinski definition) is 3. The highest BCUT2D eigenvalue weighted by Gasteiger charge is 2.54. The fourth-order valence-corrected chi connectivity index (χ4v) is 9.76. The molecule has 2 aromatic carbocycles. The van der Waals surface area contributed by atoms with Crippen molar-refractivity contribution < 1.29 is 20.1 Å². The predicted molar refractivity (Wildman–Crippen MR) is 184 cm³/mol. The van der Waals surface area contributed by atoms with E-state index >= 15 is 0 Å². The van der Waals surface area contributed by atoms with Gasteiger partial charge in [0, 0.05) is 31.8 Å². The normalized spacial score (nSPS) is 35.6. The lowest BCUT2D eigenvalue weighted by Crippen LogP contribution is -2.43. The molecular formula is C41H53NO4. The summed E-state index contributed by atoms with van der Waals surface area (Å²) in [7, 11) is 0. The molecule has 8 atom stereocenters. The van der Waals surface area contributed by atoms with Crippen molar-refractivity contribution in [3.05, 3.63) is 107 Å². The average molecular weight is 624 g/mol. The first-order chi connectivity index (χ1) is 22.1. The zero-order valence-electron chi connectivity index (χ0n) is 27.8. The molecule has 4 fully saturated rings. The number of rotatable bonds is 9. The molecule has 3 saturated carbocycles. The third-order valence-electron chi connectivity index (χ3n) is 12.1. The highest BCUT2D eigenvalue weighted by Crippen LogP contribution is 2.60. The molecule has 5 heteroatoms. The first kappa shape index (κ1) is 32.9. The van der Waals surface area contributed by atoms with E-state index in [-0.39, 0.29) is 17.4 Å². The summed E-state index contributed by atoms with van der Waals surface area (Å²) >= 11 is 0. The number of carbonyl (C=O) groups excluding carboxylic acids is 1. The van der Waals surface area contributed by atoms with Crippen LogP contribution in [-0.4, -0.2) is 56.5 Å². The number of hydrogen-bond acceptors (Lipinski definition) is 4. The monoisotopic (exact) mass is 623 g/mol. The predicted octanol–water partition coefficient (Wildman–Crippen LogP) is 6.97. The SMILES string of the molecule is C=C1C(=CC=C2CCC[C@]3(C)[C@@H]([C@H](C)CC4CC(O)(Cc5ccccc5)C(=O)N4CCc4ccccc4)CC[C@@H]23)C[C@@H](O)C[C@@H]1O. The van der Waals surface area contributed by atoms with Gasteiger partial charge in [-0.25, -0.2) is 0 Å². The Bertz CT molecular complexity index is 1450. The molecule has 2 unspecified atom stereocenters. The molecule has 3 aliphatic carbocycles. The number of likely N-dealkylation sites (tertiary alicyclic amines) is 1. The van der Waals surface area contributed by atoms with Crippen LogP contribution in [0.25, 0.3) is 0 Å². The van der Waals surface area contributed by atoms with Gasteiger partial charge in [-0.2, -0.15) is 0 Å². The van der Waals surface area contributed by atoms with Crippen LogP contribution in [0.2, 0.25) is 0 Å². The molecule has 3 N–H and O–H groups in total. The summed E-state index contributed by atoms with van der Waals surface area (Å²) in [6.07, 6.45) is 12.5. The lowest BCUT2D eigenvalue weighted by molar-refractivity contribution is -0.143. The summed E-state index contributed by atoms with van der Waals surface area (Å²) < 4.78 is 0. The lowest BCUT2D eigenvalue weighted by atomic mass is 9.60. The van der Waals surface area contributed by atoms with Gasteiger partial charge in [-0.3, -0.25) is 4.79 Å². The van der Waals surface area contributed by atoms with E-state index in [4.69, 9.17) is 0 Å². The van der Waals surface area contributed by atoms with Gasteiger partial charge in [0.1, 0.15) is 5.60 Å². The molecule has 6 rings (SSSR count). The van der Waals surface area contributed by atoms with Crippen molar-refractivity contribution in [3.8, 4) is 0 Å². The van der Waals surface area contributed by atoms with Crippen LogP contribution in [0.15, 0.2) is 96.1 Å². The zero-order valence-corrected chi connectivity index (χ0v) is 27.8. The lowest BCUT2D eigenvalue weighted by Gasteiger charge is -2.45. The maximum absolute atomic E-state index is 14.0. The van der Waals surface area contributed by atoms with Crippen LogP contribution in [0.3, 0.4) is 0 Å². The Morgan fingerprint density at radius 2 is 1.72 bits per heavy atom. The molecule has 4 aliphatic rings. The maximum Gasteiger partial charge on any atom is 0.255 e. The van der Waals surface area contributed by atoms with E-state index in [1.807, 2.05) is 53.4 Å². The number of amides is 1. The minimum atomic E-state index is -1.37. The molecule has 46 heavy (non-hydrogen) atoms. The van der Waals surface area contributed by atoms with E-state index in [9.17, 15) is 20.1 Å². The number of aliphatic hydroxyl groups is 3. The number of carbonyl (C=O) groups is 1. The quantitative estimate of drug-likeness (QED) is 0.282. The van der Waals surface area contributed by atoms with Gasteiger partial charge < -0.3 is 20.2 Å². The summed E-state index contributed by atoms with van der Waals surface area (Å²) in [6.45, 7) is 9.62. The van der Waals surface area contributed by atoms with E-state index in [0.29, 0.717) is 50.0 Å². The molecule has 5 nitrogen and oxygen atoms in total. The Kier molecular flexibility index (Phi) is 9.75. The summed E-state index contributed by atoms with van der Waals surface area (Å²) in [5, 5.41) is 32.4. The van der Waals surface area contributed by atoms with Crippen molar-refractivity contribution >= 4 is 5.91 Å². The van der Waals surface area contributed by atoms with Crippen LogP contribution < -0.4 is 0 Å². The van der Waals surface area contributed by atoms with E-state index in [0.717, 1.165) is 36.0 Å². The molecule has 1 aliphatic heterocycles. The third-order valence-corrected chi connectivity index (χ3v) is 12.1. The Labute approximate surface area is 275 Å². The van der Waals surface area contributed by atoms with E-state index in [1.165, 1.54) is 36.8 Å². The van der Waals surface area contributed by atoms with Gasteiger partial charge in [0.25, 0.3) is 5.91 Å². The van der Waals surface area contributed by atoms with E-state index in [2.05, 4.69) is 44.7 Å². The molecule has 1 saturated heterocycles. The zero-order chi connectivity index (χ0) is 32.5. The molecule has 0 spiro atoms. The molecule has 0 bridgehead atoms. The third kappa shape index (κ3) is 6.70. The van der Waals surface area contributed by atoms with Gasteiger partial charge in [0.15, 0.2) is 0 Å². The fraction of sp³-hybridized carbons (Fsp3) is 0.537. The molecule has 1 heterocycles. The Hall–Kier alpha value is -2.99. The van der Waals surface area contributed by atoms with Crippen molar-refractivity contribution in [1.82, 2.24) is 4.90 Å². The summed E-state index contributed by atoms with van der Waals surface area (Å²) in [5.74, 6) is 1.38. The Morgan fingerprint density at radius 1 is 1.02 bits per heavy atom. The van der Waals surface area contributed by atoms with Gasteiger partial charge in [-0.15, -0.1) is 0 Å². The highest BCUT2D eigenvalue weighted by atomic mass is 16.3. The first-order valence-electron chi connectivity index (χ1n) is 17.6. The van der Waals surface area contributed by atoms with E-state index < -0.39 is 17.8 Å². The average Bonchev–Trinajstić information content (AvgIpc) is 3.51. The summed E-state index contributed by atoms with van der Waals surface area (Å²) in [5.41, 5.74) is 4.25. The first-order valence-corrected chi connectivity index (χ1v) is 17.6. The summed E-state index contributed by atoms with van der Waals surface area (Å²) in [6, 6.07) is 20.3. The van der Waals surface area contributed by atoms with Gasteiger partial charge in [0.2, 0.25) is 0 Å². The second-order valence-corrected chi connectivity index (χ2v) is 15.2. The number of allylic oxidation sites excluding steroid dienone is 3. The van der Waals surface area contributed by atoms with E-state index in [1.54, 1.807) is 0 Å². The van der Waals surface area contributed by atoms with Crippen molar-refractivity contribution in [2.24, 2.45) is 23.2 Å². The van der Waals surface area contributed by atoms with Crippen LogP contribution in [0, 0.1) is 23.2 Å². The van der Waals surface area contributed by atoms with Gasteiger partial charge in [0.05, 0.1) is 12.2 Å². The molecule has 1 amide bonds. The smallest absolute Gasteiger partial charge is 0.255 e. The largest absolute Gasteiger partial charge is 0.393 e. The second-order valence-electron chi connectivity index (χ2n) is 15.2. The van der Waals surface area contributed by atoms with Crippen LogP contribution in [0.1, 0.15) is 82.8 Å². The molecule has 0 radical (unpaired) electrons. The van der Waals surface area contributed by atoms with Crippen molar-refractivity contribution in [2.75, 3.05) is 6.54 Å². The van der Waals surface area contributed by atoms with Gasteiger partial charge >= 0.3 is 0 Å². The molecular weight excluding hydrogens is 570 g/mol. The minimum Gasteiger partial charge on any atom is -0.393 e. The Balaban J connectivity index is 1.19. The van der Waals surface area contributed by atoms with Crippen LogP contribution in [0.4, 0.5) is 0 Å². The number of aliphatic hydroxyl groups excluding tert-OH is 2. The van der Waals surface area contributed by atoms with Gasteiger partial charge in [-0.05, 0) is 96.8 Å². The summed E-state index contributed by atoms with van der Waals surface area (Å²) in [4.78, 5) is 16.0. The molecule has 0 aromatic heterocycles. The molecule has 2 aromatic rings. The second kappa shape index (κ2) is 13.6. The van der Waals surface area contributed by atoms with Crippen molar-refractivity contribution in [2.45, 2.75) is 108 Å². The number of benzene rings is 2. The Morgan fingerprint density at radius 3 is 2.43 bits per heavy atom. The van der Waals surface area contributed by atoms with Crippen LogP contribution in [0.5, 0.6) is 0 Å². The minimum absolute atomic E-state index is 0.0149. The molecule has 246 valence electrons. The fourth-order valence-electron chi connectivity index (χ4n) is 9.76. The maximum atomic E-state index is 14.0. The number of nitrogens with zero attached hydrogens (tertiary/aromatic N) is 1. The highest BCUT2D eigenvalue weighted by molar-refractivity contribution is 5.88.